The topological polar surface area (TPSA) is 32.2 Å². The second-order valence-corrected chi connectivity index (χ2v) is 7.09. The number of ether oxygens (including phenoxy) is 1. The van der Waals surface area contributed by atoms with Crippen molar-refractivity contribution in [2.24, 2.45) is 0 Å². The van der Waals surface area contributed by atoms with Crippen LogP contribution in [-0.4, -0.2) is 33.3 Å². The van der Waals surface area contributed by atoms with Gasteiger partial charge in [0, 0.05) is 23.3 Å². The molecule has 0 aliphatic carbocycles. The van der Waals surface area contributed by atoms with Crippen molar-refractivity contribution in [3.8, 4) is 5.75 Å². The molecule has 0 radical (unpaired) electrons. The summed E-state index contributed by atoms with van der Waals surface area (Å²) in [5, 5.41) is 0. The summed E-state index contributed by atoms with van der Waals surface area (Å²) in [6.07, 6.45) is 4.02. The molecule has 2 aromatic rings. The maximum absolute atomic E-state index is 5.30. The number of hydrogen-bond donors (Lipinski definition) is 2. The lowest BCUT2D eigenvalue weighted by Gasteiger charge is -2.29. The van der Waals surface area contributed by atoms with Gasteiger partial charge in [-0.05, 0) is 34.1 Å². The molecular formula is C18H25BrN3O+3. The third kappa shape index (κ3) is 4.53. The number of piperazine rings is 1. The Kier molecular flexibility index (Phi) is 5.65. The Labute approximate surface area is 146 Å². The maximum atomic E-state index is 5.30. The van der Waals surface area contributed by atoms with E-state index in [1.54, 1.807) is 16.9 Å². The van der Waals surface area contributed by atoms with E-state index >= 15 is 0 Å². The molecule has 0 unspecified atom stereocenters. The number of quaternary nitrogens is 2. The fraction of sp³-hybridized carbons (Fsp3) is 0.389. The molecule has 0 atom stereocenters. The molecule has 0 spiro atoms. The van der Waals surface area contributed by atoms with E-state index in [-0.39, 0.29) is 0 Å². The van der Waals surface area contributed by atoms with E-state index in [4.69, 9.17) is 4.74 Å². The molecule has 3 rings (SSSR count). The Morgan fingerprint density at radius 2 is 1.57 bits per heavy atom. The van der Waals surface area contributed by atoms with Gasteiger partial charge in [0.25, 0.3) is 0 Å². The van der Waals surface area contributed by atoms with Gasteiger partial charge in [-0.1, -0.05) is 0 Å². The minimum atomic E-state index is 0.901. The van der Waals surface area contributed by atoms with Crippen LogP contribution < -0.4 is 19.5 Å². The Hall–Kier alpha value is -1.43. The molecular weight excluding hydrogens is 354 g/mol. The number of H-pyrrole nitrogens is 1. The average molecular weight is 379 g/mol. The Balaban J connectivity index is 1.50. The van der Waals surface area contributed by atoms with Crippen molar-refractivity contribution < 1.29 is 19.5 Å². The van der Waals surface area contributed by atoms with E-state index in [1.165, 1.54) is 37.3 Å². The van der Waals surface area contributed by atoms with Crippen molar-refractivity contribution in [1.82, 2.24) is 0 Å². The Morgan fingerprint density at radius 3 is 2.13 bits per heavy atom. The highest BCUT2D eigenvalue weighted by molar-refractivity contribution is 9.10. The third-order valence-corrected chi connectivity index (χ3v) is 5.20. The quantitative estimate of drug-likeness (QED) is 0.739. The third-order valence-electron chi connectivity index (χ3n) is 4.58. The van der Waals surface area contributed by atoms with Gasteiger partial charge in [0.2, 0.25) is 0 Å². The highest BCUT2D eigenvalue weighted by atomic mass is 79.9. The molecule has 0 bridgehead atoms. The van der Waals surface area contributed by atoms with Gasteiger partial charge < -0.3 is 14.5 Å². The first kappa shape index (κ1) is 16.4. The predicted molar refractivity (Wildman–Crippen MR) is 92.5 cm³/mol. The zero-order valence-corrected chi connectivity index (χ0v) is 15.2. The summed E-state index contributed by atoms with van der Waals surface area (Å²) in [4.78, 5) is 6.45. The second-order valence-electron chi connectivity index (χ2n) is 6.23. The summed E-state index contributed by atoms with van der Waals surface area (Å²) in [5.41, 5.74) is 2.79. The molecule has 1 aromatic carbocycles. The highest BCUT2D eigenvalue weighted by Crippen LogP contribution is 2.25. The monoisotopic (exact) mass is 378 g/mol. The van der Waals surface area contributed by atoms with E-state index < -0.39 is 0 Å². The molecule has 122 valence electrons. The summed E-state index contributed by atoms with van der Waals surface area (Å²) in [5.74, 6) is 0.901. The molecule has 0 amide bonds. The van der Waals surface area contributed by atoms with Crippen molar-refractivity contribution in [2.45, 2.75) is 13.1 Å². The lowest BCUT2D eigenvalue weighted by Crippen LogP contribution is -3.27. The van der Waals surface area contributed by atoms with Crippen molar-refractivity contribution in [3.05, 3.63) is 58.3 Å². The summed E-state index contributed by atoms with van der Waals surface area (Å²) in [7, 11) is 1.71. The largest absolute Gasteiger partial charge is 0.496 e. The van der Waals surface area contributed by atoms with Gasteiger partial charge in [-0.25, -0.2) is 4.98 Å². The van der Waals surface area contributed by atoms with E-state index in [1.807, 2.05) is 18.5 Å². The fourth-order valence-corrected chi connectivity index (χ4v) is 3.84. The standard InChI is InChI=1S/C18H22BrN3O/c1-23-18-3-2-16(12-17(18)19)14-22-10-8-21(9-11-22)13-15-4-6-20-7-5-15/h2-7,12H,8-11,13-14H2,1H3/p+3. The van der Waals surface area contributed by atoms with Gasteiger partial charge >= 0.3 is 0 Å². The van der Waals surface area contributed by atoms with Crippen LogP contribution in [0.15, 0.2) is 47.2 Å². The molecule has 1 saturated heterocycles. The number of aromatic nitrogens is 1. The van der Waals surface area contributed by atoms with Crippen LogP contribution in [0.5, 0.6) is 5.75 Å². The lowest BCUT2D eigenvalue weighted by atomic mass is 10.2. The smallest absolute Gasteiger partial charge is 0.167 e. The van der Waals surface area contributed by atoms with Gasteiger partial charge in [0.15, 0.2) is 12.4 Å². The lowest BCUT2D eigenvalue weighted by molar-refractivity contribution is -1.02. The molecule has 0 saturated carbocycles. The van der Waals surface area contributed by atoms with Crippen molar-refractivity contribution in [3.63, 3.8) is 0 Å². The first-order chi connectivity index (χ1) is 11.2. The van der Waals surface area contributed by atoms with Gasteiger partial charge in [-0.15, -0.1) is 0 Å². The number of aromatic amines is 1. The van der Waals surface area contributed by atoms with Gasteiger partial charge in [-0.3, -0.25) is 0 Å². The van der Waals surface area contributed by atoms with E-state index in [0.717, 1.165) is 23.3 Å². The summed E-state index contributed by atoms with van der Waals surface area (Å²) in [6.45, 7) is 7.18. The second kappa shape index (κ2) is 7.90. The maximum Gasteiger partial charge on any atom is 0.167 e. The number of hydrogen-bond acceptors (Lipinski definition) is 1. The molecule has 1 aliphatic rings. The summed E-state index contributed by atoms with van der Waals surface area (Å²) >= 11 is 3.58. The van der Waals surface area contributed by atoms with Crippen LogP contribution in [-0.2, 0) is 13.1 Å². The summed E-state index contributed by atoms with van der Waals surface area (Å²) < 4.78 is 6.34. The fourth-order valence-electron chi connectivity index (χ4n) is 3.25. The minimum Gasteiger partial charge on any atom is -0.496 e. The molecule has 5 heteroatoms. The van der Waals surface area contributed by atoms with Gasteiger partial charge in [-0.2, -0.15) is 0 Å². The van der Waals surface area contributed by atoms with Crippen LogP contribution in [0, 0.1) is 0 Å². The zero-order valence-electron chi connectivity index (χ0n) is 13.6. The van der Waals surface area contributed by atoms with Crippen molar-refractivity contribution >= 4 is 15.9 Å². The number of nitrogens with one attached hydrogen (secondary N) is 3. The first-order valence-corrected chi connectivity index (χ1v) is 8.98. The van der Waals surface area contributed by atoms with Crippen molar-refractivity contribution in [1.29, 1.82) is 0 Å². The molecule has 2 heterocycles. The number of pyridine rings is 1. The normalized spacial score (nSPS) is 21.1. The number of halogens is 1. The van der Waals surface area contributed by atoms with Crippen molar-refractivity contribution in [2.75, 3.05) is 33.3 Å². The van der Waals surface area contributed by atoms with E-state index in [0.29, 0.717) is 0 Å². The molecule has 3 N–H and O–H groups in total. The SMILES string of the molecule is COc1ccc(C[NH+]2CC[NH+](Cc3cc[nH+]cc3)CC2)cc1Br. The summed E-state index contributed by atoms with van der Waals surface area (Å²) in [6, 6.07) is 10.8. The Morgan fingerprint density at radius 1 is 0.957 bits per heavy atom. The predicted octanol–water partition coefficient (Wildman–Crippen LogP) is -0.245. The van der Waals surface area contributed by atoms with Crippen LogP contribution in [0.4, 0.5) is 0 Å². The molecule has 1 aromatic heterocycles. The number of rotatable bonds is 5. The molecule has 4 nitrogen and oxygen atoms in total. The molecule has 1 aliphatic heterocycles. The van der Waals surface area contributed by atoms with Crippen LogP contribution in [0.1, 0.15) is 11.1 Å². The highest BCUT2D eigenvalue weighted by Gasteiger charge is 2.23. The molecule has 23 heavy (non-hydrogen) atoms. The van der Waals surface area contributed by atoms with Crippen LogP contribution in [0.2, 0.25) is 0 Å². The Bertz CT molecular complexity index is 627. The molecule has 1 fully saturated rings. The average Bonchev–Trinajstić information content (AvgIpc) is 2.58. The van der Waals surface area contributed by atoms with Crippen LogP contribution in [0.3, 0.4) is 0 Å². The van der Waals surface area contributed by atoms with Crippen LogP contribution in [0.25, 0.3) is 0 Å². The zero-order chi connectivity index (χ0) is 16.1. The first-order valence-electron chi connectivity index (χ1n) is 8.19. The number of benzene rings is 1. The minimum absolute atomic E-state index is 0.901. The van der Waals surface area contributed by atoms with Crippen LogP contribution >= 0.6 is 15.9 Å². The van der Waals surface area contributed by atoms with Gasteiger partial charge in [0.05, 0.1) is 11.6 Å². The number of methoxy groups -OCH3 is 1. The van der Waals surface area contributed by atoms with E-state index in [9.17, 15) is 0 Å². The van der Waals surface area contributed by atoms with Gasteiger partial charge in [0.1, 0.15) is 45.0 Å². The van der Waals surface area contributed by atoms with E-state index in [2.05, 4.69) is 45.2 Å².